The first-order chi connectivity index (χ1) is 15.5. The fourth-order valence-electron chi connectivity index (χ4n) is 3.51. The first-order valence-electron chi connectivity index (χ1n) is 10.4. The highest BCUT2D eigenvalue weighted by atomic mass is 127. The molecule has 0 saturated carbocycles. The second kappa shape index (κ2) is 12.0. The van der Waals surface area contributed by atoms with Gasteiger partial charge in [0.1, 0.15) is 11.2 Å². The quantitative estimate of drug-likeness (QED) is 0.358. The zero-order chi connectivity index (χ0) is 24.8. The number of alkyl halides is 2. The number of benzene rings is 2. The molecule has 2 aromatic carbocycles. The summed E-state index contributed by atoms with van der Waals surface area (Å²) in [4.78, 5) is 13.0. The van der Waals surface area contributed by atoms with E-state index < -0.39 is 33.7 Å². The Hall–Kier alpha value is -1.11. The van der Waals surface area contributed by atoms with E-state index in [0.717, 1.165) is 9.87 Å². The molecular formula is C23H27F3INO3S2. The van der Waals surface area contributed by atoms with Crippen molar-refractivity contribution in [2.24, 2.45) is 5.41 Å². The van der Waals surface area contributed by atoms with Gasteiger partial charge in [-0.25, -0.2) is 8.60 Å². The van der Waals surface area contributed by atoms with Gasteiger partial charge in [-0.2, -0.15) is 8.78 Å². The van der Waals surface area contributed by atoms with Gasteiger partial charge in [-0.05, 0) is 64.9 Å². The molecule has 2 aromatic rings. The minimum atomic E-state index is -3.17. The third-order valence-electron chi connectivity index (χ3n) is 5.68. The summed E-state index contributed by atoms with van der Waals surface area (Å²) in [5, 5.41) is 6.11. The molecule has 1 aliphatic heterocycles. The second-order valence-corrected chi connectivity index (χ2v) is 11.1. The van der Waals surface area contributed by atoms with Crippen molar-refractivity contribution in [3.8, 4) is 0 Å². The van der Waals surface area contributed by atoms with Crippen molar-refractivity contribution >= 4 is 47.0 Å². The number of nitrogens with zero attached hydrogens (tertiary/aromatic N) is 1. The van der Waals surface area contributed by atoms with Gasteiger partial charge in [0.2, 0.25) is 5.91 Å². The molecule has 0 bridgehead atoms. The number of carbonyl (C=O) groups is 1. The van der Waals surface area contributed by atoms with Gasteiger partial charge in [-0.15, -0.1) is 0 Å². The Morgan fingerprint density at radius 3 is 2.39 bits per heavy atom. The van der Waals surface area contributed by atoms with Crippen LogP contribution in [0.4, 0.5) is 13.2 Å². The third kappa shape index (κ3) is 6.32. The van der Waals surface area contributed by atoms with Gasteiger partial charge in [-0.1, -0.05) is 43.7 Å². The van der Waals surface area contributed by atoms with Crippen LogP contribution in [0.3, 0.4) is 0 Å². The van der Waals surface area contributed by atoms with Crippen molar-refractivity contribution in [2.45, 2.75) is 56.3 Å². The highest BCUT2D eigenvalue weighted by Crippen LogP contribution is 2.55. The number of aliphatic hydroxyl groups is 1. The number of rotatable bonds is 7. The van der Waals surface area contributed by atoms with Gasteiger partial charge in [0.05, 0.1) is 11.0 Å². The summed E-state index contributed by atoms with van der Waals surface area (Å²) >= 11 is 1.52. The van der Waals surface area contributed by atoms with Crippen molar-refractivity contribution in [1.29, 1.82) is 0 Å². The Balaban J connectivity index is 0.000000294. The molecule has 182 valence electrons. The number of amides is 1. The topological polar surface area (TPSA) is 57.6 Å². The Labute approximate surface area is 211 Å². The SMILES string of the molecule is CCC(O)c1cccc(F)c1.CCC1(C(F)(F)SI)CCN(S(=O)c2ccc(C)cc2)C1=O. The van der Waals surface area contributed by atoms with Crippen LogP contribution in [0.1, 0.15) is 50.3 Å². The van der Waals surface area contributed by atoms with E-state index in [1.165, 1.54) is 33.3 Å². The summed E-state index contributed by atoms with van der Waals surface area (Å²) in [6.07, 6.45) is 0.119. The number of aryl methyl sites for hydroxylation is 1. The Kier molecular flexibility index (Phi) is 10.3. The lowest BCUT2D eigenvalue weighted by Crippen LogP contribution is -2.45. The minimum absolute atomic E-state index is 0.0168. The zero-order valence-electron chi connectivity index (χ0n) is 18.6. The maximum absolute atomic E-state index is 14.3. The van der Waals surface area contributed by atoms with Crippen LogP contribution in [0.15, 0.2) is 53.4 Å². The molecule has 33 heavy (non-hydrogen) atoms. The first kappa shape index (κ1) is 28.1. The van der Waals surface area contributed by atoms with E-state index in [4.69, 9.17) is 0 Å². The maximum Gasteiger partial charge on any atom is 0.317 e. The molecule has 3 rings (SSSR count). The van der Waals surface area contributed by atoms with Crippen molar-refractivity contribution in [3.63, 3.8) is 0 Å². The lowest BCUT2D eigenvalue weighted by Gasteiger charge is -2.32. The molecule has 0 spiro atoms. The van der Waals surface area contributed by atoms with Crippen LogP contribution in [0.25, 0.3) is 0 Å². The molecule has 3 atom stereocenters. The average molecular weight is 614 g/mol. The van der Waals surface area contributed by atoms with E-state index in [1.54, 1.807) is 43.3 Å². The predicted molar refractivity (Wildman–Crippen MR) is 135 cm³/mol. The van der Waals surface area contributed by atoms with E-state index in [0.29, 0.717) is 25.8 Å². The van der Waals surface area contributed by atoms with Gasteiger partial charge < -0.3 is 5.11 Å². The predicted octanol–water partition coefficient (Wildman–Crippen LogP) is 6.59. The lowest BCUT2D eigenvalue weighted by molar-refractivity contribution is -0.143. The van der Waals surface area contributed by atoms with Crippen LogP contribution in [-0.2, 0) is 15.8 Å². The molecule has 1 aliphatic rings. The molecule has 1 fully saturated rings. The minimum Gasteiger partial charge on any atom is -0.388 e. The Morgan fingerprint density at radius 2 is 1.88 bits per heavy atom. The van der Waals surface area contributed by atoms with Crippen molar-refractivity contribution in [1.82, 2.24) is 4.31 Å². The summed E-state index contributed by atoms with van der Waals surface area (Å²) in [5.74, 6) is -1.02. The molecule has 1 saturated heterocycles. The summed E-state index contributed by atoms with van der Waals surface area (Å²) in [7, 11) is -1.39. The normalized spacial score (nSPS) is 20.2. The summed E-state index contributed by atoms with van der Waals surface area (Å²) in [6, 6.07) is 12.9. The zero-order valence-corrected chi connectivity index (χ0v) is 22.4. The van der Waals surface area contributed by atoms with Gasteiger partial charge in [0.15, 0.2) is 11.0 Å². The molecule has 0 aromatic heterocycles. The summed E-state index contributed by atoms with van der Waals surface area (Å²) in [5.41, 5.74) is -0.115. The standard InChI is InChI=1S/C14H16F2INO2S2.C9H11FO/c1-3-13(14(15,16)21-17)8-9-18(12(13)19)22(20)11-6-4-10(2)5-7-11;1-2-9(11)7-4-3-5-8(10)6-7/h4-7H,3,8-9H2,1-2H3;3-6,9,11H,2H2,1H3. The molecule has 1 heterocycles. The fourth-order valence-corrected chi connectivity index (χ4v) is 6.46. The largest absolute Gasteiger partial charge is 0.388 e. The van der Waals surface area contributed by atoms with Crippen LogP contribution < -0.4 is 0 Å². The van der Waals surface area contributed by atoms with Crippen LogP contribution >= 0.6 is 30.1 Å². The van der Waals surface area contributed by atoms with Crippen LogP contribution in [0, 0.1) is 18.2 Å². The number of halogens is 4. The molecular weight excluding hydrogens is 586 g/mol. The van der Waals surface area contributed by atoms with E-state index in [2.05, 4.69) is 0 Å². The molecule has 3 unspecified atom stereocenters. The van der Waals surface area contributed by atoms with Crippen LogP contribution in [0.2, 0.25) is 0 Å². The van der Waals surface area contributed by atoms with E-state index in [9.17, 15) is 27.3 Å². The molecule has 0 radical (unpaired) electrons. The van der Waals surface area contributed by atoms with Crippen LogP contribution in [0.5, 0.6) is 0 Å². The maximum atomic E-state index is 14.3. The average Bonchev–Trinajstić information content (AvgIpc) is 3.16. The number of hydrogen-bond donors (Lipinski definition) is 1. The van der Waals surface area contributed by atoms with E-state index in [-0.39, 0.29) is 25.2 Å². The Bertz CT molecular complexity index is 978. The number of aliphatic hydroxyl groups excluding tert-OH is 1. The lowest BCUT2D eigenvalue weighted by atomic mass is 9.83. The van der Waals surface area contributed by atoms with Crippen LogP contribution in [-0.4, -0.2) is 31.3 Å². The number of carbonyl (C=O) groups excluding carboxylic acids is 1. The molecule has 0 aliphatic carbocycles. The molecule has 4 nitrogen and oxygen atoms in total. The Morgan fingerprint density at radius 1 is 1.24 bits per heavy atom. The smallest absolute Gasteiger partial charge is 0.317 e. The summed E-state index contributed by atoms with van der Waals surface area (Å²) in [6.45, 7) is 5.42. The highest BCUT2D eigenvalue weighted by molar-refractivity contribution is 14.2. The van der Waals surface area contributed by atoms with Crippen molar-refractivity contribution < 1.29 is 27.3 Å². The number of hydrogen-bond acceptors (Lipinski definition) is 4. The fraction of sp³-hybridized carbons (Fsp3) is 0.435. The van der Waals surface area contributed by atoms with E-state index in [1.807, 2.05) is 13.8 Å². The molecule has 1 N–H and O–H groups in total. The summed E-state index contributed by atoms with van der Waals surface area (Å²) < 4.78 is 54.7. The first-order valence-corrected chi connectivity index (χ1v) is 14.9. The molecule has 10 heteroatoms. The third-order valence-corrected chi connectivity index (χ3v) is 9.35. The van der Waals surface area contributed by atoms with Gasteiger partial charge in [0.25, 0.3) is 0 Å². The van der Waals surface area contributed by atoms with Gasteiger partial charge in [-0.3, -0.25) is 9.10 Å². The van der Waals surface area contributed by atoms with Gasteiger partial charge >= 0.3 is 5.25 Å². The highest BCUT2D eigenvalue weighted by Gasteiger charge is 2.63. The van der Waals surface area contributed by atoms with Crippen molar-refractivity contribution in [2.75, 3.05) is 6.54 Å². The van der Waals surface area contributed by atoms with Gasteiger partial charge in [0, 0.05) is 27.8 Å². The van der Waals surface area contributed by atoms with E-state index >= 15 is 0 Å². The molecule has 1 amide bonds. The monoisotopic (exact) mass is 613 g/mol. The second-order valence-electron chi connectivity index (χ2n) is 7.73. The van der Waals surface area contributed by atoms with Crippen molar-refractivity contribution in [3.05, 3.63) is 65.5 Å².